The smallest absolute Gasteiger partial charge is 0.404 e. The maximum Gasteiger partial charge on any atom is 0.482 e. The van der Waals surface area contributed by atoms with E-state index in [1.54, 1.807) is 16.7 Å². The lowest BCUT2D eigenvalue weighted by Crippen LogP contribution is -2.65. The van der Waals surface area contributed by atoms with Gasteiger partial charge in [0, 0.05) is 44.9 Å². The van der Waals surface area contributed by atoms with E-state index in [1.165, 1.54) is 18.4 Å². The molecule has 5 atom stereocenters. The van der Waals surface area contributed by atoms with Crippen LogP contribution in [0.3, 0.4) is 0 Å². The molecule has 3 heterocycles. The first-order valence-corrected chi connectivity index (χ1v) is 17.9. The van der Waals surface area contributed by atoms with E-state index in [9.17, 15) is 18.4 Å². The number of hydrogen-bond donors (Lipinski definition) is 1. The standard InChI is InChI=1S/C20H28BNO3.C10H15F2N.C8H12N2O/c1-13(23)22-18(10-14-8-6-5-7-9-14)21-24-17-12-15-11-16(19(15,2)3)20(17,4)25-21;1-4-5-9(2,3)13-7-6-10(11,12)8-13;9-5-4-8(11)10-6-2-1-3-7-10/h5-9,15-18H,10-12H2,1-4H3,(H,22,23);1H,5-8H2,2-3H3;1-4,6-7H2/t15?,16?,17?,18?,20-;;/m0../s1. The molecule has 49 heavy (non-hydrogen) atoms. The van der Waals surface area contributed by atoms with Gasteiger partial charge in [0.15, 0.2) is 0 Å². The van der Waals surface area contributed by atoms with Gasteiger partial charge in [-0.2, -0.15) is 5.26 Å². The Hall–Kier alpha value is -2.99. The van der Waals surface area contributed by atoms with Crippen molar-refractivity contribution in [2.24, 2.45) is 17.3 Å². The average Bonchev–Trinajstić information content (AvgIpc) is 3.61. The summed E-state index contributed by atoms with van der Waals surface area (Å²) < 4.78 is 38.6. The molecular formula is C38H55BF2N4O4. The summed E-state index contributed by atoms with van der Waals surface area (Å²) >= 11 is 0. The van der Waals surface area contributed by atoms with E-state index < -0.39 is 5.92 Å². The number of hydrogen-bond acceptors (Lipinski definition) is 6. The number of alkyl halides is 2. The summed E-state index contributed by atoms with van der Waals surface area (Å²) in [6.07, 6.45) is 12.3. The van der Waals surface area contributed by atoms with Crippen LogP contribution >= 0.6 is 0 Å². The molecule has 8 nitrogen and oxygen atoms in total. The highest BCUT2D eigenvalue weighted by Gasteiger charge is 2.68. The van der Waals surface area contributed by atoms with Crippen LogP contribution in [0.15, 0.2) is 30.3 Å². The lowest BCUT2D eigenvalue weighted by Gasteiger charge is -2.64. The van der Waals surface area contributed by atoms with E-state index >= 15 is 0 Å². The van der Waals surface area contributed by atoms with E-state index in [1.807, 2.05) is 38.1 Å². The second kappa shape index (κ2) is 15.9. The summed E-state index contributed by atoms with van der Waals surface area (Å²) in [6, 6.07) is 12.1. The van der Waals surface area contributed by atoms with E-state index in [-0.39, 0.29) is 61.5 Å². The van der Waals surface area contributed by atoms with E-state index in [2.05, 4.69) is 44.1 Å². The van der Waals surface area contributed by atoms with Gasteiger partial charge in [0.2, 0.25) is 11.8 Å². The number of rotatable bonds is 7. The number of nitrogens with zero attached hydrogens (tertiary/aromatic N) is 3. The summed E-state index contributed by atoms with van der Waals surface area (Å²) in [4.78, 5) is 26.4. The lowest BCUT2D eigenvalue weighted by molar-refractivity contribution is -0.199. The highest BCUT2D eigenvalue weighted by atomic mass is 19.3. The molecule has 1 N–H and O–H groups in total. The number of likely N-dealkylation sites (tertiary alicyclic amines) is 2. The molecule has 2 bridgehead atoms. The fourth-order valence-electron chi connectivity index (χ4n) is 8.35. The minimum Gasteiger partial charge on any atom is -0.404 e. The van der Waals surface area contributed by atoms with Crippen LogP contribution in [0.5, 0.6) is 0 Å². The largest absolute Gasteiger partial charge is 0.482 e. The zero-order chi connectivity index (χ0) is 36.0. The molecule has 3 aliphatic carbocycles. The first-order chi connectivity index (χ1) is 23.0. The Morgan fingerprint density at radius 2 is 1.80 bits per heavy atom. The topological polar surface area (TPSA) is 94.9 Å². The Kier molecular flexibility index (Phi) is 12.6. The Morgan fingerprint density at radius 3 is 2.35 bits per heavy atom. The number of benzene rings is 1. The summed E-state index contributed by atoms with van der Waals surface area (Å²) in [5, 5.41) is 11.3. The lowest BCUT2D eigenvalue weighted by atomic mass is 9.43. The minimum absolute atomic E-state index is 0.00722. The van der Waals surface area contributed by atoms with Crippen molar-refractivity contribution < 1.29 is 27.7 Å². The molecule has 2 amide bonds. The molecular weight excluding hydrogens is 625 g/mol. The van der Waals surface area contributed by atoms with Crippen molar-refractivity contribution in [3.05, 3.63) is 35.9 Å². The normalized spacial score (nSPS) is 28.6. The second-order valence-corrected chi connectivity index (χ2v) is 15.8. The zero-order valence-corrected chi connectivity index (χ0v) is 30.3. The fraction of sp³-hybridized carbons (Fsp3) is 0.711. The molecule has 1 aromatic carbocycles. The zero-order valence-electron chi connectivity index (χ0n) is 30.3. The second-order valence-electron chi connectivity index (χ2n) is 15.8. The van der Waals surface area contributed by atoms with Crippen LogP contribution in [0.1, 0.15) is 98.5 Å². The van der Waals surface area contributed by atoms with Gasteiger partial charge in [-0.1, -0.05) is 44.2 Å². The number of carbonyl (C=O) groups is 2. The van der Waals surface area contributed by atoms with E-state index in [4.69, 9.17) is 21.0 Å². The SMILES string of the molecule is C#CCC(C)(C)N1CCC(F)(F)C1.CC(=O)NC(Cc1ccccc1)B1OC2CC3CC(C3(C)C)[C@]2(C)O1.N#CCC(=O)N1CCCCC1. The molecule has 3 saturated carbocycles. The van der Waals surface area contributed by atoms with Gasteiger partial charge in [0.05, 0.1) is 30.3 Å². The van der Waals surface area contributed by atoms with Gasteiger partial charge in [-0.3, -0.25) is 14.5 Å². The molecule has 6 aliphatic rings. The molecule has 0 radical (unpaired) electrons. The molecule has 6 fully saturated rings. The van der Waals surface area contributed by atoms with Crippen molar-refractivity contribution in [2.75, 3.05) is 26.2 Å². The van der Waals surface area contributed by atoms with Crippen LogP contribution < -0.4 is 5.32 Å². The van der Waals surface area contributed by atoms with Crippen LogP contribution in [-0.4, -0.2) is 84.0 Å². The molecule has 1 aromatic rings. The highest BCUT2D eigenvalue weighted by molar-refractivity contribution is 6.48. The first kappa shape index (κ1) is 38.8. The first-order valence-electron chi connectivity index (χ1n) is 17.9. The molecule has 3 aliphatic heterocycles. The van der Waals surface area contributed by atoms with Crippen LogP contribution in [0.25, 0.3) is 0 Å². The third-order valence-corrected chi connectivity index (χ3v) is 11.5. The van der Waals surface area contributed by atoms with Crippen molar-refractivity contribution in [2.45, 2.75) is 128 Å². The summed E-state index contributed by atoms with van der Waals surface area (Å²) in [7, 11) is -0.380. The fourth-order valence-corrected chi connectivity index (χ4v) is 8.35. The van der Waals surface area contributed by atoms with Gasteiger partial charge in [-0.05, 0) is 82.1 Å². The number of terminal acetylenes is 1. The van der Waals surface area contributed by atoms with E-state index in [0.29, 0.717) is 30.7 Å². The number of carbonyl (C=O) groups excluding carboxylic acids is 2. The molecule has 0 spiro atoms. The van der Waals surface area contributed by atoms with Crippen LogP contribution in [0.4, 0.5) is 8.78 Å². The Morgan fingerprint density at radius 1 is 1.12 bits per heavy atom. The average molecular weight is 681 g/mol. The van der Waals surface area contributed by atoms with Crippen molar-refractivity contribution in [1.82, 2.24) is 15.1 Å². The number of amides is 2. The van der Waals surface area contributed by atoms with Gasteiger partial charge in [0.25, 0.3) is 5.92 Å². The van der Waals surface area contributed by atoms with Gasteiger partial charge < -0.3 is 19.5 Å². The molecule has 3 saturated heterocycles. The summed E-state index contributed by atoms with van der Waals surface area (Å²) in [5.74, 6) is 1.05. The van der Waals surface area contributed by atoms with Gasteiger partial charge in [-0.25, -0.2) is 8.78 Å². The predicted molar refractivity (Wildman–Crippen MR) is 187 cm³/mol. The number of halogens is 2. The minimum atomic E-state index is -2.52. The quantitative estimate of drug-likeness (QED) is 0.279. The number of nitrogens with one attached hydrogen (secondary N) is 1. The van der Waals surface area contributed by atoms with Crippen LogP contribution in [0.2, 0.25) is 0 Å². The highest BCUT2D eigenvalue weighted by Crippen LogP contribution is 2.65. The monoisotopic (exact) mass is 680 g/mol. The molecule has 4 unspecified atom stereocenters. The Labute approximate surface area is 292 Å². The Balaban J connectivity index is 0.000000189. The molecule has 7 rings (SSSR count). The molecule has 11 heteroatoms. The van der Waals surface area contributed by atoms with Crippen molar-refractivity contribution in [1.29, 1.82) is 5.26 Å². The number of piperidine rings is 1. The third kappa shape index (κ3) is 9.42. The maximum atomic E-state index is 12.9. The van der Waals surface area contributed by atoms with Crippen molar-refractivity contribution >= 4 is 18.9 Å². The van der Waals surface area contributed by atoms with Gasteiger partial charge in [0.1, 0.15) is 6.42 Å². The predicted octanol–water partition coefficient (Wildman–Crippen LogP) is 6.04. The van der Waals surface area contributed by atoms with Gasteiger partial charge in [-0.15, -0.1) is 12.3 Å². The summed E-state index contributed by atoms with van der Waals surface area (Å²) in [6.45, 7) is 14.3. The molecule has 268 valence electrons. The van der Waals surface area contributed by atoms with E-state index in [0.717, 1.165) is 38.3 Å². The van der Waals surface area contributed by atoms with Gasteiger partial charge >= 0.3 is 7.12 Å². The summed E-state index contributed by atoms with van der Waals surface area (Å²) in [5.41, 5.74) is 0.968. The number of nitriles is 1. The third-order valence-electron chi connectivity index (χ3n) is 11.5. The van der Waals surface area contributed by atoms with Crippen molar-refractivity contribution in [3.63, 3.8) is 0 Å². The Bertz CT molecular complexity index is 1370. The maximum absolute atomic E-state index is 12.9. The molecule has 0 aromatic heterocycles. The van der Waals surface area contributed by atoms with Crippen LogP contribution in [-0.2, 0) is 25.3 Å². The van der Waals surface area contributed by atoms with Crippen molar-refractivity contribution in [3.8, 4) is 18.4 Å². The van der Waals surface area contributed by atoms with Crippen LogP contribution in [0, 0.1) is 40.9 Å².